The molecule has 0 bridgehead atoms. The van der Waals surface area contributed by atoms with Crippen molar-refractivity contribution in [3.8, 4) is 0 Å². The van der Waals surface area contributed by atoms with Crippen molar-refractivity contribution in [1.82, 2.24) is 0 Å². The normalized spacial score (nSPS) is 22.7. The van der Waals surface area contributed by atoms with Crippen LogP contribution >= 0.6 is 23.2 Å². The van der Waals surface area contributed by atoms with E-state index >= 15 is 0 Å². The van der Waals surface area contributed by atoms with E-state index in [9.17, 15) is 0 Å². The molecule has 2 unspecified atom stereocenters. The highest BCUT2D eigenvalue weighted by Crippen LogP contribution is 2.38. The summed E-state index contributed by atoms with van der Waals surface area (Å²) in [5.41, 5.74) is 6.46. The third kappa shape index (κ3) is 2.51. The van der Waals surface area contributed by atoms with E-state index < -0.39 is 0 Å². The minimum absolute atomic E-state index is 0.171. The van der Waals surface area contributed by atoms with E-state index in [0.29, 0.717) is 10.0 Å². The van der Waals surface area contributed by atoms with E-state index in [1.165, 1.54) is 11.1 Å². The Morgan fingerprint density at radius 1 is 1.11 bits per heavy atom. The van der Waals surface area contributed by atoms with Crippen LogP contribution in [0.2, 0.25) is 11.5 Å². The highest BCUT2D eigenvalue weighted by atomic mass is 35.5. The fraction of sp³-hybridized carbons (Fsp3) is 0.250. The lowest BCUT2D eigenvalue weighted by molar-refractivity contribution is 0.531. The van der Waals surface area contributed by atoms with Crippen molar-refractivity contribution in [2.45, 2.75) is 24.8 Å². The van der Waals surface area contributed by atoms with E-state index in [4.69, 9.17) is 24.6 Å². The van der Waals surface area contributed by atoms with Gasteiger partial charge in [-0.1, -0.05) is 53.5 Å². The van der Waals surface area contributed by atoms with E-state index in [0.717, 1.165) is 18.4 Å². The minimum Gasteiger partial charge on any atom is -0.327 e. The zero-order valence-corrected chi connectivity index (χ0v) is 11.9. The maximum absolute atomic E-state index is 7.47. The fourth-order valence-corrected chi connectivity index (χ4v) is 3.17. The summed E-state index contributed by atoms with van der Waals surface area (Å²) in [5.74, 6) is 0.262. The average Bonchev–Trinajstić information content (AvgIpc) is 2.49. The van der Waals surface area contributed by atoms with Crippen LogP contribution in [0.15, 0.2) is 42.5 Å². The molecule has 3 rings (SSSR count). The molecule has 1 nitrogen and oxygen atoms in total. The molecule has 0 amide bonds. The lowest BCUT2D eigenvalue weighted by atomic mass is 9.77. The van der Waals surface area contributed by atoms with Crippen molar-refractivity contribution in [2.24, 2.45) is 5.73 Å². The summed E-state index contributed by atoms with van der Waals surface area (Å²) in [4.78, 5) is 0. The van der Waals surface area contributed by atoms with Crippen LogP contribution < -0.4 is 5.73 Å². The van der Waals surface area contributed by atoms with Gasteiger partial charge < -0.3 is 5.73 Å². The highest BCUT2D eigenvalue weighted by Gasteiger charge is 2.26. The average molecular weight is 293 g/mol. The van der Waals surface area contributed by atoms with Gasteiger partial charge in [0.05, 0.1) is 10.0 Å². The van der Waals surface area contributed by atoms with Crippen LogP contribution in [0.3, 0.4) is 0 Å². The summed E-state index contributed by atoms with van der Waals surface area (Å²) in [7, 11) is 0. The summed E-state index contributed by atoms with van der Waals surface area (Å²) >= 11 is 12.1. The molecule has 0 aromatic heterocycles. The van der Waals surface area contributed by atoms with Crippen LogP contribution in [0.25, 0.3) is 0 Å². The van der Waals surface area contributed by atoms with Crippen molar-refractivity contribution in [3.05, 3.63) is 69.2 Å². The molecular weight excluding hydrogens is 277 g/mol. The second-order valence-corrected chi connectivity index (χ2v) is 5.88. The van der Waals surface area contributed by atoms with Gasteiger partial charge in [0.25, 0.3) is 0 Å². The Balaban J connectivity index is 2.05. The van der Waals surface area contributed by atoms with Crippen molar-refractivity contribution >= 4 is 23.2 Å². The fourth-order valence-electron chi connectivity index (χ4n) is 2.87. The molecule has 3 heteroatoms. The Labute approximate surface area is 124 Å². The smallest absolute Gasteiger partial charge is 0.119 e. The molecule has 2 aromatic rings. The molecule has 1 aliphatic carbocycles. The lowest BCUT2D eigenvalue weighted by Crippen LogP contribution is -2.30. The van der Waals surface area contributed by atoms with Gasteiger partial charge in [-0.25, -0.2) is 0 Å². The zero-order valence-electron chi connectivity index (χ0n) is 11.4. The quantitative estimate of drug-likeness (QED) is 0.872. The SMILES string of the molecule is [2H]NC1Cc2ccccc2C(c2ccc(Cl)c(Cl)c2)C1. The summed E-state index contributed by atoms with van der Waals surface area (Å²) < 4.78 is 7.47. The van der Waals surface area contributed by atoms with E-state index in [1.54, 1.807) is 0 Å². The molecule has 0 saturated heterocycles. The van der Waals surface area contributed by atoms with Crippen molar-refractivity contribution in [1.29, 1.82) is 0 Å². The first-order chi connectivity index (χ1) is 9.69. The van der Waals surface area contributed by atoms with Crippen LogP contribution in [0.1, 0.15) is 29.0 Å². The van der Waals surface area contributed by atoms with Crippen LogP contribution in [0.4, 0.5) is 0 Å². The van der Waals surface area contributed by atoms with Gasteiger partial charge in [0.2, 0.25) is 0 Å². The van der Waals surface area contributed by atoms with Gasteiger partial charge in [-0.2, -0.15) is 0 Å². The molecule has 0 heterocycles. The Morgan fingerprint density at radius 2 is 1.95 bits per heavy atom. The number of hydrogen-bond donors (Lipinski definition) is 1. The van der Waals surface area contributed by atoms with Gasteiger partial charge in [-0.05, 0) is 41.7 Å². The van der Waals surface area contributed by atoms with Gasteiger partial charge in [-0.15, -0.1) is 0 Å². The Hall–Kier alpha value is -1.02. The topological polar surface area (TPSA) is 26.0 Å². The van der Waals surface area contributed by atoms with Crippen molar-refractivity contribution < 1.29 is 1.41 Å². The minimum atomic E-state index is 0.171. The number of benzene rings is 2. The lowest BCUT2D eigenvalue weighted by Gasteiger charge is -2.30. The standard InChI is InChI=1S/C16H15Cl2N/c17-15-6-5-11(8-16(15)18)14-9-12(19)7-10-3-1-2-4-13(10)14/h1-6,8,12,14H,7,9,19H2/i/hD. The van der Waals surface area contributed by atoms with E-state index in [1.807, 2.05) is 18.2 Å². The summed E-state index contributed by atoms with van der Waals surface area (Å²) in [5, 5.41) is 1.16. The molecule has 19 heavy (non-hydrogen) atoms. The molecule has 0 spiro atoms. The van der Waals surface area contributed by atoms with Gasteiger partial charge in [-0.3, -0.25) is 0 Å². The third-order valence-corrected chi connectivity index (χ3v) is 4.50. The molecular formula is C16H15Cl2N. The molecule has 2 aromatic carbocycles. The first-order valence-corrected chi connectivity index (χ1v) is 7.14. The summed E-state index contributed by atoms with van der Waals surface area (Å²) in [6.07, 6.45) is 1.80. The molecule has 98 valence electrons. The molecule has 0 radical (unpaired) electrons. The maximum Gasteiger partial charge on any atom is 0.119 e. The van der Waals surface area contributed by atoms with Gasteiger partial charge in [0.1, 0.15) is 1.41 Å². The molecule has 0 saturated carbocycles. The zero-order chi connectivity index (χ0) is 14.1. The summed E-state index contributed by atoms with van der Waals surface area (Å²) in [6.45, 7) is 0. The van der Waals surface area contributed by atoms with Crippen LogP contribution in [0.5, 0.6) is 0 Å². The number of nitrogens with two attached hydrogens (primary N) is 1. The third-order valence-electron chi connectivity index (χ3n) is 3.76. The van der Waals surface area contributed by atoms with Gasteiger partial charge >= 0.3 is 0 Å². The van der Waals surface area contributed by atoms with Crippen LogP contribution in [0, 0.1) is 0 Å². The number of fused-ring (bicyclic) bond motifs is 1. The first-order valence-electron chi connectivity index (χ1n) is 6.89. The van der Waals surface area contributed by atoms with E-state index in [2.05, 4.69) is 30.0 Å². The van der Waals surface area contributed by atoms with Crippen molar-refractivity contribution in [3.63, 3.8) is 0 Å². The Morgan fingerprint density at radius 3 is 2.74 bits per heavy atom. The number of rotatable bonds is 2. The molecule has 1 aliphatic rings. The Bertz CT molecular complexity index is 630. The maximum atomic E-state index is 7.47. The monoisotopic (exact) mass is 292 g/mol. The number of halogens is 2. The second kappa shape index (κ2) is 5.16. The van der Waals surface area contributed by atoms with Crippen LogP contribution in [-0.4, -0.2) is 6.04 Å². The first kappa shape index (κ1) is 11.8. The highest BCUT2D eigenvalue weighted by molar-refractivity contribution is 6.42. The second-order valence-electron chi connectivity index (χ2n) is 5.06. The molecule has 2 atom stereocenters. The predicted octanol–water partition coefficient (Wildman–Crippen LogP) is 4.40. The largest absolute Gasteiger partial charge is 0.327 e. The van der Waals surface area contributed by atoms with Gasteiger partial charge in [0, 0.05) is 12.0 Å². The molecule has 0 fully saturated rings. The summed E-state index contributed by atoms with van der Waals surface area (Å²) in [6, 6.07) is 14.4. The van der Waals surface area contributed by atoms with Gasteiger partial charge in [0.15, 0.2) is 0 Å². The van der Waals surface area contributed by atoms with Crippen LogP contribution in [-0.2, 0) is 6.42 Å². The Kier molecular flexibility index (Phi) is 3.20. The molecule has 2 N–H and O–H groups in total. The van der Waals surface area contributed by atoms with E-state index in [-0.39, 0.29) is 12.0 Å². The van der Waals surface area contributed by atoms with Crippen molar-refractivity contribution in [2.75, 3.05) is 0 Å². The number of hydrogen-bond acceptors (Lipinski definition) is 1. The molecule has 0 aliphatic heterocycles. The predicted molar refractivity (Wildman–Crippen MR) is 81.0 cm³/mol.